The van der Waals surface area contributed by atoms with Crippen LogP contribution in [0.15, 0.2) is 59.5 Å². The van der Waals surface area contributed by atoms with Crippen LogP contribution in [0.2, 0.25) is 0 Å². The number of amides is 1. The van der Waals surface area contributed by atoms with Gasteiger partial charge in [-0.1, -0.05) is 42.5 Å². The number of nitro benzene ring substituents is 1. The number of alkyl carbamates (subject to hydrolysis) is 1. The average molecular weight is 480 g/mol. The number of hydrogen-bond acceptors (Lipinski definition) is 9. The summed E-state index contributed by atoms with van der Waals surface area (Å²) in [6.07, 6.45) is -1.94. The minimum Gasteiger partial charge on any atom is -0.444 e. The van der Waals surface area contributed by atoms with Gasteiger partial charge < -0.3 is 19.9 Å². The SMILES string of the molecule is O=C(N[C@@H](Cc1ccccc1)[C@H](O)COS(=O)(=O)c1ccccc1[N+](=O)[O-])O[C@H]1CCOC1. The number of aliphatic hydroxyl groups is 1. The van der Waals surface area contributed by atoms with Crippen molar-refractivity contribution in [2.75, 3.05) is 19.8 Å². The fourth-order valence-electron chi connectivity index (χ4n) is 3.25. The first kappa shape index (κ1) is 24.6. The van der Waals surface area contributed by atoms with Crippen LogP contribution in [-0.4, -0.2) is 62.6 Å². The highest BCUT2D eigenvalue weighted by molar-refractivity contribution is 7.87. The molecule has 1 saturated heterocycles. The van der Waals surface area contributed by atoms with E-state index in [0.29, 0.717) is 13.0 Å². The van der Waals surface area contributed by atoms with Crippen LogP contribution in [-0.2, 0) is 30.2 Å². The third kappa shape index (κ3) is 6.96. The highest BCUT2D eigenvalue weighted by atomic mass is 32.2. The zero-order valence-electron chi connectivity index (χ0n) is 17.5. The molecule has 3 atom stereocenters. The Bertz CT molecular complexity index is 1060. The normalized spacial score (nSPS) is 17.8. The smallest absolute Gasteiger partial charge is 0.407 e. The first-order valence-electron chi connectivity index (χ1n) is 10.2. The van der Waals surface area contributed by atoms with Crippen molar-refractivity contribution in [3.8, 4) is 0 Å². The van der Waals surface area contributed by atoms with Crippen LogP contribution in [0.3, 0.4) is 0 Å². The molecule has 12 heteroatoms. The molecule has 0 bridgehead atoms. The maximum Gasteiger partial charge on any atom is 0.407 e. The predicted molar refractivity (Wildman–Crippen MR) is 115 cm³/mol. The lowest BCUT2D eigenvalue weighted by Gasteiger charge is -2.24. The molecular formula is C21H24N2O9S. The zero-order chi connectivity index (χ0) is 23.8. The van der Waals surface area contributed by atoms with Crippen molar-refractivity contribution in [3.05, 3.63) is 70.3 Å². The monoisotopic (exact) mass is 480 g/mol. The number of hydrogen-bond donors (Lipinski definition) is 2. The van der Waals surface area contributed by atoms with Crippen LogP contribution in [0.25, 0.3) is 0 Å². The number of nitro groups is 1. The van der Waals surface area contributed by atoms with Gasteiger partial charge in [-0.15, -0.1) is 0 Å². The molecule has 0 radical (unpaired) electrons. The topological polar surface area (TPSA) is 154 Å². The van der Waals surface area contributed by atoms with Gasteiger partial charge in [0.1, 0.15) is 6.10 Å². The third-order valence-corrected chi connectivity index (χ3v) is 6.28. The lowest BCUT2D eigenvalue weighted by atomic mass is 10.0. The molecule has 2 N–H and O–H groups in total. The molecule has 2 aromatic carbocycles. The lowest BCUT2D eigenvalue weighted by molar-refractivity contribution is -0.387. The van der Waals surface area contributed by atoms with E-state index in [1.54, 1.807) is 30.3 Å². The van der Waals surface area contributed by atoms with Crippen molar-refractivity contribution >= 4 is 21.9 Å². The van der Waals surface area contributed by atoms with Gasteiger partial charge in [-0.2, -0.15) is 8.42 Å². The number of nitrogens with zero attached hydrogens (tertiary/aromatic N) is 1. The molecule has 178 valence electrons. The second-order valence-electron chi connectivity index (χ2n) is 7.36. The Hall–Kier alpha value is -3.06. The Morgan fingerprint density at radius 1 is 1.21 bits per heavy atom. The summed E-state index contributed by atoms with van der Waals surface area (Å²) in [5, 5.41) is 24.3. The minimum absolute atomic E-state index is 0.160. The van der Waals surface area contributed by atoms with E-state index < -0.39 is 56.6 Å². The first-order valence-corrected chi connectivity index (χ1v) is 11.6. The van der Waals surface area contributed by atoms with E-state index in [1.165, 1.54) is 12.1 Å². The molecule has 33 heavy (non-hydrogen) atoms. The Balaban J connectivity index is 1.70. The predicted octanol–water partition coefficient (Wildman–Crippen LogP) is 1.79. The van der Waals surface area contributed by atoms with Crippen LogP contribution in [0.5, 0.6) is 0 Å². The minimum atomic E-state index is -4.55. The second kappa shape index (κ2) is 11.2. The Labute approximate surface area is 190 Å². The van der Waals surface area contributed by atoms with Crippen LogP contribution < -0.4 is 5.32 Å². The van der Waals surface area contributed by atoms with Crippen molar-refractivity contribution in [2.45, 2.75) is 36.0 Å². The molecule has 1 aliphatic rings. The highest BCUT2D eigenvalue weighted by Crippen LogP contribution is 2.25. The molecule has 3 rings (SSSR count). The third-order valence-electron chi connectivity index (χ3n) is 4.95. The van der Waals surface area contributed by atoms with E-state index in [4.69, 9.17) is 13.7 Å². The summed E-state index contributed by atoms with van der Waals surface area (Å²) < 4.78 is 40.4. The molecule has 1 aliphatic heterocycles. The summed E-state index contributed by atoms with van der Waals surface area (Å²) in [5.74, 6) is 0. The second-order valence-corrected chi connectivity index (χ2v) is 8.95. The summed E-state index contributed by atoms with van der Waals surface area (Å²) >= 11 is 0. The number of benzene rings is 2. The summed E-state index contributed by atoms with van der Waals surface area (Å²) in [5.41, 5.74) is 0.126. The lowest BCUT2D eigenvalue weighted by Crippen LogP contribution is -2.48. The number of carbonyl (C=O) groups is 1. The van der Waals surface area contributed by atoms with Crippen LogP contribution in [0, 0.1) is 10.1 Å². The summed E-state index contributed by atoms with van der Waals surface area (Å²) in [6.45, 7) is 0.0145. The summed E-state index contributed by atoms with van der Waals surface area (Å²) in [6, 6.07) is 12.7. The molecule has 1 fully saturated rings. The van der Waals surface area contributed by atoms with Crippen LogP contribution in [0.1, 0.15) is 12.0 Å². The van der Waals surface area contributed by atoms with E-state index in [1.807, 2.05) is 0 Å². The van der Waals surface area contributed by atoms with E-state index in [2.05, 4.69) is 5.32 Å². The van der Waals surface area contributed by atoms with E-state index in [9.17, 15) is 28.4 Å². The van der Waals surface area contributed by atoms with Gasteiger partial charge >= 0.3 is 16.2 Å². The molecule has 0 spiro atoms. The van der Waals surface area contributed by atoms with Gasteiger partial charge in [0.25, 0.3) is 5.69 Å². The number of ether oxygens (including phenoxy) is 2. The Morgan fingerprint density at radius 2 is 1.91 bits per heavy atom. The first-order chi connectivity index (χ1) is 15.8. The molecule has 0 unspecified atom stereocenters. The quantitative estimate of drug-likeness (QED) is 0.294. The Kier molecular flexibility index (Phi) is 8.33. The molecule has 0 aliphatic carbocycles. The van der Waals surface area contributed by atoms with Gasteiger partial charge in [-0.3, -0.25) is 14.3 Å². The fraction of sp³-hybridized carbons (Fsp3) is 0.381. The largest absolute Gasteiger partial charge is 0.444 e. The van der Waals surface area contributed by atoms with Crippen molar-refractivity contribution < 1.29 is 36.9 Å². The number of carbonyl (C=O) groups excluding carboxylic acids is 1. The van der Waals surface area contributed by atoms with Gasteiger partial charge in [0.15, 0.2) is 4.90 Å². The van der Waals surface area contributed by atoms with Gasteiger partial charge in [0.05, 0.1) is 36.9 Å². The number of nitrogens with one attached hydrogen (secondary N) is 1. The standard InChI is InChI=1S/C21H24N2O9S/c24-19(14-31-33(28,29)20-9-5-4-8-18(20)23(26)27)17(12-15-6-2-1-3-7-15)22-21(25)32-16-10-11-30-13-16/h1-9,16-17,19,24H,10-14H2,(H,22,25)/t16-,17-,19+/m0/s1. The molecule has 0 aromatic heterocycles. The molecule has 0 saturated carbocycles. The molecule has 1 heterocycles. The number of aliphatic hydroxyl groups excluding tert-OH is 1. The van der Waals surface area contributed by atoms with Crippen LogP contribution >= 0.6 is 0 Å². The van der Waals surface area contributed by atoms with Gasteiger partial charge in [-0.25, -0.2) is 4.79 Å². The van der Waals surface area contributed by atoms with Crippen molar-refractivity contribution in [1.29, 1.82) is 0 Å². The van der Waals surface area contributed by atoms with Gasteiger partial charge in [0.2, 0.25) is 0 Å². The summed E-state index contributed by atoms with van der Waals surface area (Å²) in [7, 11) is -4.55. The maximum absolute atomic E-state index is 12.5. The van der Waals surface area contributed by atoms with Crippen molar-refractivity contribution in [3.63, 3.8) is 0 Å². The van der Waals surface area contributed by atoms with Gasteiger partial charge in [-0.05, 0) is 18.1 Å². The zero-order valence-corrected chi connectivity index (χ0v) is 18.3. The Morgan fingerprint density at radius 3 is 2.58 bits per heavy atom. The average Bonchev–Trinajstić information content (AvgIpc) is 3.30. The van der Waals surface area contributed by atoms with Crippen LogP contribution in [0.4, 0.5) is 10.5 Å². The van der Waals surface area contributed by atoms with Crippen molar-refractivity contribution in [2.24, 2.45) is 0 Å². The van der Waals surface area contributed by atoms with Gasteiger partial charge in [0, 0.05) is 12.5 Å². The molecule has 2 aromatic rings. The van der Waals surface area contributed by atoms with E-state index in [-0.39, 0.29) is 13.0 Å². The maximum atomic E-state index is 12.5. The molecule has 1 amide bonds. The molecule has 11 nitrogen and oxygen atoms in total. The fourth-order valence-corrected chi connectivity index (χ4v) is 4.34. The highest BCUT2D eigenvalue weighted by Gasteiger charge is 2.30. The molecular weight excluding hydrogens is 456 g/mol. The number of para-hydroxylation sites is 1. The number of rotatable bonds is 10. The summed E-state index contributed by atoms with van der Waals surface area (Å²) in [4.78, 5) is 22.0. The van der Waals surface area contributed by atoms with Crippen molar-refractivity contribution in [1.82, 2.24) is 5.32 Å². The van der Waals surface area contributed by atoms with E-state index in [0.717, 1.165) is 17.7 Å². The van der Waals surface area contributed by atoms with E-state index >= 15 is 0 Å².